The first kappa shape index (κ1) is 16.8. The van der Waals surface area contributed by atoms with Crippen LogP contribution in [0.2, 0.25) is 0 Å². The topological polar surface area (TPSA) is 55.6 Å². The molecule has 2 N–H and O–H groups in total. The average Bonchev–Trinajstić information content (AvgIpc) is 3.04. The number of anilines is 1. The standard InChI is InChI=1S/C17H23ClN2O2/c1-11-8-9-12(2)16(13(11)3)20(15(21)10-18)17(22-19)14-6-4-5-7-14/h8-9H,4-7,10,19H2,1-3H3. The van der Waals surface area contributed by atoms with Gasteiger partial charge in [0.1, 0.15) is 5.88 Å². The highest BCUT2D eigenvalue weighted by Crippen LogP contribution is 2.35. The van der Waals surface area contributed by atoms with Crippen molar-refractivity contribution in [2.75, 3.05) is 10.8 Å². The minimum absolute atomic E-state index is 0.118. The molecular formula is C17H23ClN2O2. The third-order valence-electron chi connectivity index (χ3n) is 4.32. The number of halogens is 1. The summed E-state index contributed by atoms with van der Waals surface area (Å²) in [5.41, 5.74) is 5.05. The van der Waals surface area contributed by atoms with Crippen LogP contribution in [0.15, 0.2) is 23.6 Å². The van der Waals surface area contributed by atoms with Crippen molar-refractivity contribution < 1.29 is 9.63 Å². The molecule has 1 aliphatic rings. The Kier molecular flexibility index (Phi) is 5.48. The maximum Gasteiger partial charge on any atom is 0.248 e. The largest absolute Gasteiger partial charge is 0.393 e. The molecule has 0 aliphatic heterocycles. The lowest BCUT2D eigenvalue weighted by Gasteiger charge is -2.28. The number of nitrogens with two attached hydrogens (primary N) is 1. The van der Waals surface area contributed by atoms with E-state index in [1.807, 2.05) is 32.9 Å². The number of nitrogens with zero attached hydrogens (tertiary/aromatic N) is 1. The zero-order chi connectivity index (χ0) is 16.3. The van der Waals surface area contributed by atoms with Crippen LogP contribution in [-0.2, 0) is 9.63 Å². The average molecular weight is 323 g/mol. The van der Waals surface area contributed by atoms with Gasteiger partial charge in [-0.15, -0.1) is 11.6 Å². The lowest BCUT2D eigenvalue weighted by molar-refractivity contribution is -0.116. The van der Waals surface area contributed by atoms with Crippen molar-refractivity contribution in [2.45, 2.75) is 46.5 Å². The maximum absolute atomic E-state index is 12.5. The Labute approximate surface area is 136 Å². The molecule has 4 nitrogen and oxygen atoms in total. The Morgan fingerprint density at radius 3 is 2.36 bits per heavy atom. The van der Waals surface area contributed by atoms with Gasteiger partial charge in [-0.1, -0.05) is 12.1 Å². The highest BCUT2D eigenvalue weighted by molar-refractivity contribution is 6.29. The molecule has 5 heteroatoms. The highest BCUT2D eigenvalue weighted by atomic mass is 35.5. The van der Waals surface area contributed by atoms with E-state index >= 15 is 0 Å². The summed E-state index contributed by atoms with van der Waals surface area (Å²) in [6.07, 6.45) is 4.00. The predicted octanol–water partition coefficient (Wildman–Crippen LogP) is 3.86. The van der Waals surface area contributed by atoms with E-state index in [1.165, 1.54) is 0 Å². The van der Waals surface area contributed by atoms with Crippen molar-refractivity contribution in [3.05, 3.63) is 40.3 Å². The van der Waals surface area contributed by atoms with Crippen molar-refractivity contribution in [1.29, 1.82) is 0 Å². The molecule has 1 fully saturated rings. The molecule has 0 heterocycles. The molecule has 1 saturated carbocycles. The van der Waals surface area contributed by atoms with Gasteiger partial charge in [0.05, 0.1) is 5.69 Å². The van der Waals surface area contributed by atoms with Crippen molar-refractivity contribution >= 4 is 23.2 Å². The molecule has 120 valence electrons. The zero-order valence-corrected chi connectivity index (χ0v) is 14.2. The summed E-state index contributed by atoms with van der Waals surface area (Å²) < 4.78 is 0. The molecule has 0 aromatic heterocycles. The van der Waals surface area contributed by atoms with E-state index in [4.69, 9.17) is 22.3 Å². The Hall–Kier alpha value is -1.52. The Morgan fingerprint density at radius 1 is 1.23 bits per heavy atom. The molecule has 1 amide bonds. The fraction of sp³-hybridized carbons (Fsp3) is 0.471. The van der Waals surface area contributed by atoms with Gasteiger partial charge in [0.15, 0.2) is 0 Å². The summed E-state index contributed by atoms with van der Waals surface area (Å²) in [4.78, 5) is 19.2. The van der Waals surface area contributed by atoms with Crippen LogP contribution in [0.3, 0.4) is 0 Å². The van der Waals surface area contributed by atoms with Gasteiger partial charge in [0, 0.05) is 0 Å². The van der Waals surface area contributed by atoms with Gasteiger partial charge >= 0.3 is 0 Å². The second-order valence-electron chi connectivity index (χ2n) is 5.77. The summed E-state index contributed by atoms with van der Waals surface area (Å²) in [6.45, 7) is 6.00. The van der Waals surface area contributed by atoms with Gasteiger partial charge < -0.3 is 4.84 Å². The third kappa shape index (κ3) is 3.13. The Morgan fingerprint density at radius 2 is 1.82 bits per heavy atom. The van der Waals surface area contributed by atoms with Crippen molar-refractivity contribution in [2.24, 2.45) is 5.90 Å². The molecule has 0 saturated heterocycles. The van der Waals surface area contributed by atoms with Gasteiger partial charge in [0.25, 0.3) is 0 Å². The van der Waals surface area contributed by atoms with Gasteiger partial charge in [-0.2, -0.15) is 5.90 Å². The molecular weight excluding hydrogens is 300 g/mol. The quantitative estimate of drug-likeness (QED) is 0.520. The van der Waals surface area contributed by atoms with Crippen molar-refractivity contribution in [3.8, 4) is 0 Å². The van der Waals surface area contributed by atoms with Gasteiger partial charge in [-0.05, 0) is 68.7 Å². The summed E-state index contributed by atoms with van der Waals surface area (Å²) in [5, 5.41) is 0. The molecule has 1 aromatic carbocycles. The molecule has 1 aromatic rings. The minimum Gasteiger partial charge on any atom is -0.393 e. The predicted molar refractivity (Wildman–Crippen MR) is 89.6 cm³/mol. The molecule has 0 radical (unpaired) electrons. The SMILES string of the molecule is Cc1ccc(C)c(N(C(=O)CCl)C(ON)=C2CCCC2)c1C. The first-order chi connectivity index (χ1) is 10.5. The molecule has 0 bridgehead atoms. The van der Waals surface area contributed by atoms with Crippen LogP contribution in [0.25, 0.3) is 0 Å². The summed E-state index contributed by atoms with van der Waals surface area (Å²) in [7, 11) is 0. The van der Waals surface area contributed by atoms with E-state index in [-0.39, 0.29) is 11.8 Å². The second-order valence-corrected chi connectivity index (χ2v) is 6.04. The van der Waals surface area contributed by atoms with E-state index < -0.39 is 0 Å². The molecule has 2 rings (SSSR count). The van der Waals surface area contributed by atoms with Gasteiger partial charge in [0.2, 0.25) is 11.8 Å². The van der Waals surface area contributed by atoms with E-state index in [1.54, 1.807) is 4.90 Å². The lowest BCUT2D eigenvalue weighted by Crippen LogP contribution is -2.35. The Bertz CT molecular complexity index is 603. The number of hydrogen-bond acceptors (Lipinski definition) is 3. The van der Waals surface area contributed by atoms with E-state index in [9.17, 15) is 4.79 Å². The van der Waals surface area contributed by atoms with Crippen LogP contribution < -0.4 is 10.8 Å². The first-order valence-electron chi connectivity index (χ1n) is 7.55. The van der Waals surface area contributed by atoms with Crippen molar-refractivity contribution in [3.63, 3.8) is 0 Å². The summed E-state index contributed by atoms with van der Waals surface area (Å²) in [6, 6.07) is 4.04. The number of aryl methyl sites for hydroxylation is 2. The lowest BCUT2D eigenvalue weighted by atomic mass is 10.0. The molecule has 0 atom stereocenters. The zero-order valence-electron chi connectivity index (χ0n) is 13.4. The number of amides is 1. The normalized spacial score (nSPS) is 14.1. The summed E-state index contributed by atoms with van der Waals surface area (Å²) >= 11 is 5.84. The molecule has 0 unspecified atom stereocenters. The molecule has 22 heavy (non-hydrogen) atoms. The third-order valence-corrected chi connectivity index (χ3v) is 4.54. The summed E-state index contributed by atoms with van der Waals surface area (Å²) in [5.74, 6) is 5.63. The number of carbonyl (C=O) groups excluding carboxylic acids is 1. The van der Waals surface area contributed by atoms with Gasteiger partial charge in [-0.25, -0.2) is 4.90 Å². The van der Waals surface area contributed by atoms with Crippen LogP contribution in [0.1, 0.15) is 42.4 Å². The monoisotopic (exact) mass is 322 g/mol. The smallest absolute Gasteiger partial charge is 0.248 e. The van der Waals surface area contributed by atoms with Crippen LogP contribution in [0.4, 0.5) is 5.69 Å². The van der Waals surface area contributed by atoms with Crippen LogP contribution in [0.5, 0.6) is 0 Å². The fourth-order valence-corrected chi connectivity index (χ4v) is 3.11. The number of hydrogen-bond donors (Lipinski definition) is 1. The maximum atomic E-state index is 12.5. The van der Waals surface area contributed by atoms with E-state index in [0.717, 1.165) is 53.6 Å². The number of allylic oxidation sites excluding steroid dienone is 1. The van der Waals surface area contributed by atoms with Crippen LogP contribution >= 0.6 is 11.6 Å². The van der Waals surface area contributed by atoms with Crippen molar-refractivity contribution in [1.82, 2.24) is 0 Å². The number of carbonyl (C=O) groups is 1. The van der Waals surface area contributed by atoms with E-state index in [2.05, 4.69) is 0 Å². The first-order valence-corrected chi connectivity index (χ1v) is 8.09. The Balaban J connectivity index is 2.64. The number of rotatable bonds is 4. The molecule has 1 aliphatic carbocycles. The number of benzene rings is 1. The highest BCUT2D eigenvalue weighted by Gasteiger charge is 2.28. The second kappa shape index (κ2) is 7.16. The van der Waals surface area contributed by atoms with Crippen LogP contribution in [0, 0.1) is 20.8 Å². The fourth-order valence-electron chi connectivity index (χ4n) is 2.99. The number of alkyl halides is 1. The minimum atomic E-state index is -0.224. The van der Waals surface area contributed by atoms with E-state index in [0.29, 0.717) is 5.88 Å². The molecule has 0 spiro atoms. The van der Waals surface area contributed by atoms with Crippen LogP contribution in [-0.4, -0.2) is 11.8 Å². The van der Waals surface area contributed by atoms with Gasteiger partial charge in [-0.3, -0.25) is 4.79 Å².